The van der Waals surface area contributed by atoms with Gasteiger partial charge in [0.05, 0.1) is 6.54 Å². The van der Waals surface area contributed by atoms with Gasteiger partial charge in [0.15, 0.2) is 17.6 Å². The first kappa shape index (κ1) is 17.4. The zero-order valence-corrected chi connectivity index (χ0v) is 14.7. The SMILES string of the molecule is CCC(Oc1cccc(Cl)c1)C(=O)NCC1COc2ccccc2O1. The summed E-state index contributed by atoms with van der Waals surface area (Å²) in [5.41, 5.74) is 0. The summed E-state index contributed by atoms with van der Waals surface area (Å²) in [5.74, 6) is 1.79. The van der Waals surface area contributed by atoms with Crippen molar-refractivity contribution >= 4 is 17.5 Å². The van der Waals surface area contributed by atoms with Crippen LogP contribution in [-0.2, 0) is 4.79 Å². The molecule has 0 aromatic heterocycles. The summed E-state index contributed by atoms with van der Waals surface area (Å²) in [6.07, 6.45) is -0.277. The molecule has 6 heteroatoms. The van der Waals surface area contributed by atoms with Crippen LogP contribution < -0.4 is 19.5 Å². The van der Waals surface area contributed by atoms with Crippen LogP contribution in [0.25, 0.3) is 0 Å². The average molecular weight is 362 g/mol. The third kappa shape index (κ3) is 4.57. The summed E-state index contributed by atoms with van der Waals surface area (Å²) in [5, 5.41) is 3.44. The number of halogens is 1. The number of carbonyl (C=O) groups excluding carboxylic acids is 1. The van der Waals surface area contributed by atoms with Crippen LogP contribution in [-0.4, -0.2) is 31.3 Å². The lowest BCUT2D eigenvalue weighted by Gasteiger charge is -2.27. The van der Waals surface area contributed by atoms with Gasteiger partial charge >= 0.3 is 0 Å². The Labute approximate surface area is 151 Å². The Morgan fingerprint density at radius 1 is 1.28 bits per heavy atom. The van der Waals surface area contributed by atoms with Gasteiger partial charge in [-0.15, -0.1) is 0 Å². The number of benzene rings is 2. The molecule has 132 valence electrons. The molecular formula is C19H20ClNO4. The maximum Gasteiger partial charge on any atom is 0.261 e. The molecule has 2 atom stereocenters. The number of fused-ring (bicyclic) bond motifs is 1. The Morgan fingerprint density at radius 3 is 2.84 bits per heavy atom. The van der Waals surface area contributed by atoms with Crippen LogP contribution in [0, 0.1) is 0 Å². The van der Waals surface area contributed by atoms with Crippen molar-refractivity contribution < 1.29 is 19.0 Å². The molecule has 3 rings (SSSR count). The number of amides is 1. The maximum absolute atomic E-state index is 12.4. The monoisotopic (exact) mass is 361 g/mol. The summed E-state index contributed by atoms with van der Waals surface area (Å²) < 4.78 is 17.2. The fourth-order valence-corrected chi connectivity index (χ4v) is 2.70. The van der Waals surface area contributed by atoms with Crippen LogP contribution in [0.2, 0.25) is 5.02 Å². The first-order valence-corrected chi connectivity index (χ1v) is 8.62. The molecule has 0 radical (unpaired) electrons. The number of hydrogen-bond acceptors (Lipinski definition) is 4. The molecule has 2 aromatic carbocycles. The van der Waals surface area contributed by atoms with Crippen LogP contribution in [0.15, 0.2) is 48.5 Å². The molecule has 1 N–H and O–H groups in total. The molecule has 1 heterocycles. The van der Waals surface area contributed by atoms with Crippen molar-refractivity contribution in [2.24, 2.45) is 0 Å². The van der Waals surface area contributed by atoms with Crippen LogP contribution >= 0.6 is 11.6 Å². The fourth-order valence-electron chi connectivity index (χ4n) is 2.52. The molecule has 1 aliphatic rings. The van der Waals surface area contributed by atoms with E-state index in [1.807, 2.05) is 31.2 Å². The number of rotatable bonds is 6. The molecule has 0 fully saturated rings. The largest absolute Gasteiger partial charge is 0.486 e. The van der Waals surface area contributed by atoms with Crippen molar-refractivity contribution in [3.63, 3.8) is 0 Å². The van der Waals surface area contributed by atoms with Crippen molar-refractivity contribution in [1.29, 1.82) is 0 Å². The zero-order valence-electron chi connectivity index (χ0n) is 13.9. The molecule has 5 nitrogen and oxygen atoms in total. The molecular weight excluding hydrogens is 342 g/mol. The molecule has 0 saturated carbocycles. The third-order valence-electron chi connectivity index (χ3n) is 3.81. The van der Waals surface area contributed by atoms with Gasteiger partial charge in [-0.3, -0.25) is 4.79 Å². The van der Waals surface area contributed by atoms with E-state index in [0.29, 0.717) is 36.1 Å². The Hall–Kier alpha value is -2.40. The molecule has 0 bridgehead atoms. The van der Waals surface area contributed by atoms with E-state index in [1.54, 1.807) is 24.3 Å². The van der Waals surface area contributed by atoms with Gasteiger partial charge in [-0.1, -0.05) is 36.7 Å². The summed E-state index contributed by atoms with van der Waals surface area (Å²) >= 11 is 5.94. The van der Waals surface area contributed by atoms with Gasteiger partial charge in [0, 0.05) is 5.02 Å². The van der Waals surface area contributed by atoms with E-state index >= 15 is 0 Å². The highest BCUT2D eigenvalue weighted by molar-refractivity contribution is 6.30. The van der Waals surface area contributed by atoms with E-state index in [9.17, 15) is 4.79 Å². The normalized spacial score (nSPS) is 16.8. The van der Waals surface area contributed by atoms with Crippen molar-refractivity contribution in [2.75, 3.05) is 13.2 Å². The number of ether oxygens (including phenoxy) is 3. The number of nitrogens with one attached hydrogen (secondary N) is 1. The first-order valence-electron chi connectivity index (χ1n) is 8.24. The molecule has 0 saturated heterocycles. The van der Waals surface area contributed by atoms with Gasteiger partial charge in [0.2, 0.25) is 0 Å². The first-order chi connectivity index (χ1) is 12.2. The van der Waals surface area contributed by atoms with Crippen LogP contribution in [0.5, 0.6) is 17.2 Å². The molecule has 1 amide bonds. The highest BCUT2D eigenvalue weighted by Crippen LogP contribution is 2.30. The van der Waals surface area contributed by atoms with E-state index in [-0.39, 0.29) is 12.0 Å². The zero-order chi connectivity index (χ0) is 17.6. The average Bonchev–Trinajstić information content (AvgIpc) is 2.64. The second-order valence-electron chi connectivity index (χ2n) is 5.71. The quantitative estimate of drug-likeness (QED) is 0.856. The summed E-state index contributed by atoms with van der Waals surface area (Å²) in [6, 6.07) is 14.5. The van der Waals surface area contributed by atoms with Gasteiger partial charge in [-0.05, 0) is 36.8 Å². The van der Waals surface area contributed by atoms with Crippen LogP contribution in [0.1, 0.15) is 13.3 Å². The molecule has 1 aliphatic heterocycles. The number of hydrogen-bond donors (Lipinski definition) is 1. The Balaban J connectivity index is 1.53. The minimum Gasteiger partial charge on any atom is -0.486 e. The minimum absolute atomic E-state index is 0.190. The van der Waals surface area contributed by atoms with Crippen LogP contribution in [0.4, 0.5) is 0 Å². The fraction of sp³-hybridized carbons (Fsp3) is 0.316. The second kappa shape index (κ2) is 8.12. The predicted octanol–water partition coefficient (Wildman–Crippen LogP) is 3.45. The lowest BCUT2D eigenvalue weighted by Crippen LogP contribution is -2.45. The number of carbonyl (C=O) groups is 1. The van der Waals surface area contributed by atoms with Gasteiger partial charge in [-0.25, -0.2) is 0 Å². The van der Waals surface area contributed by atoms with Gasteiger partial charge in [0.1, 0.15) is 18.5 Å². The standard InChI is InChI=1S/C19H20ClNO4/c1-2-16(24-14-7-5-6-13(20)10-14)19(22)21-11-15-12-23-17-8-3-4-9-18(17)25-15/h3-10,15-16H,2,11-12H2,1H3,(H,21,22). The molecule has 25 heavy (non-hydrogen) atoms. The highest BCUT2D eigenvalue weighted by Gasteiger charge is 2.24. The van der Waals surface area contributed by atoms with Crippen molar-refractivity contribution in [3.05, 3.63) is 53.6 Å². The summed E-state index contributed by atoms with van der Waals surface area (Å²) in [6.45, 7) is 2.64. The Kier molecular flexibility index (Phi) is 5.66. The molecule has 2 aromatic rings. The lowest BCUT2D eigenvalue weighted by molar-refractivity contribution is -0.128. The van der Waals surface area contributed by atoms with E-state index in [1.165, 1.54) is 0 Å². The lowest BCUT2D eigenvalue weighted by atomic mass is 10.2. The van der Waals surface area contributed by atoms with Crippen molar-refractivity contribution in [3.8, 4) is 17.2 Å². The molecule has 2 unspecified atom stereocenters. The maximum atomic E-state index is 12.4. The Morgan fingerprint density at radius 2 is 2.08 bits per heavy atom. The van der Waals surface area contributed by atoms with Crippen molar-refractivity contribution in [1.82, 2.24) is 5.32 Å². The number of para-hydroxylation sites is 2. The minimum atomic E-state index is -0.588. The van der Waals surface area contributed by atoms with E-state index in [2.05, 4.69) is 5.32 Å². The predicted molar refractivity (Wildman–Crippen MR) is 95.5 cm³/mol. The summed E-state index contributed by atoms with van der Waals surface area (Å²) in [7, 11) is 0. The van der Waals surface area contributed by atoms with E-state index in [0.717, 1.165) is 5.75 Å². The van der Waals surface area contributed by atoms with Crippen LogP contribution in [0.3, 0.4) is 0 Å². The van der Waals surface area contributed by atoms with Gasteiger partial charge in [0.25, 0.3) is 5.91 Å². The molecule has 0 aliphatic carbocycles. The smallest absolute Gasteiger partial charge is 0.261 e. The third-order valence-corrected chi connectivity index (χ3v) is 4.04. The topological polar surface area (TPSA) is 56.8 Å². The van der Waals surface area contributed by atoms with E-state index in [4.69, 9.17) is 25.8 Å². The molecule has 0 spiro atoms. The van der Waals surface area contributed by atoms with Crippen molar-refractivity contribution in [2.45, 2.75) is 25.6 Å². The van der Waals surface area contributed by atoms with Gasteiger partial charge < -0.3 is 19.5 Å². The van der Waals surface area contributed by atoms with E-state index < -0.39 is 6.10 Å². The highest BCUT2D eigenvalue weighted by atomic mass is 35.5. The summed E-state index contributed by atoms with van der Waals surface area (Å²) in [4.78, 5) is 12.4. The van der Waals surface area contributed by atoms with Gasteiger partial charge in [-0.2, -0.15) is 0 Å². The second-order valence-corrected chi connectivity index (χ2v) is 6.15. The Bertz CT molecular complexity index is 737.